The number of furan rings is 1. The quantitative estimate of drug-likeness (QED) is 0.363. The molecule has 0 aliphatic carbocycles. The van der Waals surface area contributed by atoms with E-state index in [0.717, 1.165) is 17.2 Å². The molecule has 3 aromatic rings. The van der Waals surface area contributed by atoms with Gasteiger partial charge < -0.3 is 29.8 Å². The van der Waals surface area contributed by atoms with Gasteiger partial charge in [-0.15, -0.1) is 0 Å². The van der Waals surface area contributed by atoms with E-state index in [4.69, 9.17) is 20.3 Å². The second-order valence-corrected chi connectivity index (χ2v) is 8.69. The van der Waals surface area contributed by atoms with Gasteiger partial charge in [-0.2, -0.15) is 0 Å². The molecule has 34 heavy (non-hydrogen) atoms. The van der Waals surface area contributed by atoms with Gasteiger partial charge in [-0.25, -0.2) is 4.79 Å². The van der Waals surface area contributed by atoms with Crippen molar-refractivity contribution in [2.24, 2.45) is 5.73 Å². The van der Waals surface area contributed by atoms with Crippen LogP contribution in [-0.4, -0.2) is 66.0 Å². The van der Waals surface area contributed by atoms with Crippen LogP contribution in [0.15, 0.2) is 53.1 Å². The summed E-state index contributed by atoms with van der Waals surface area (Å²) >= 11 is 0. The molecule has 2 amide bonds. The Balaban J connectivity index is 1.45. The van der Waals surface area contributed by atoms with Gasteiger partial charge in [0, 0.05) is 49.8 Å². The first-order chi connectivity index (χ1) is 16.2. The normalized spacial score (nSPS) is 16.4. The maximum atomic E-state index is 12.1. The first-order valence-electron chi connectivity index (χ1n) is 11.0. The summed E-state index contributed by atoms with van der Waals surface area (Å²) in [6.45, 7) is 1.17. The number of carbonyl (C=O) groups is 2. The minimum absolute atomic E-state index is 0.0336. The van der Waals surface area contributed by atoms with Crippen molar-refractivity contribution in [3.8, 4) is 5.75 Å². The number of likely N-dealkylation sites (tertiary alicyclic amines) is 1. The number of benzene rings is 2. The Morgan fingerprint density at radius 1 is 1.26 bits per heavy atom. The summed E-state index contributed by atoms with van der Waals surface area (Å²) in [4.78, 5) is 27.5. The average molecular weight is 465 g/mol. The highest BCUT2D eigenvalue weighted by Crippen LogP contribution is 2.30. The number of carboxylic acids is 1. The lowest BCUT2D eigenvalue weighted by atomic mass is 9.93. The van der Waals surface area contributed by atoms with Crippen molar-refractivity contribution in [2.45, 2.75) is 24.9 Å². The molecule has 0 bridgehead atoms. The molecule has 1 fully saturated rings. The number of fused-ring (bicyclic) bond motifs is 1. The number of amidine groups is 1. The molecule has 9 nitrogen and oxygen atoms in total. The zero-order valence-corrected chi connectivity index (χ0v) is 19.2. The van der Waals surface area contributed by atoms with E-state index in [1.807, 2.05) is 0 Å². The monoisotopic (exact) mass is 464 g/mol. The van der Waals surface area contributed by atoms with E-state index >= 15 is 0 Å². The maximum absolute atomic E-state index is 12.1. The van der Waals surface area contributed by atoms with E-state index in [-0.39, 0.29) is 24.4 Å². The van der Waals surface area contributed by atoms with Crippen molar-refractivity contribution in [3.05, 3.63) is 65.6 Å². The van der Waals surface area contributed by atoms with Gasteiger partial charge in [0.1, 0.15) is 23.4 Å². The molecule has 2 atom stereocenters. The molecule has 0 spiro atoms. The number of nitrogens with zero attached hydrogens (tertiary/aromatic N) is 2. The minimum atomic E-state index is -0.952. The third kappa shape index (κ3) is 4.83. The Labute approximate surface area is 197 Å². The van der Waals surface area contributed by atoms with E-state index in [9.17, 15) is 14.7 Å². The van der Waals surface area contributed by atoms with Crippen LogP contribution < -0.4 is 10.5 Å². The van der Waals surface area contributed by atoms with Gasteiger partial charge in [0.2, 0.25) is 0 Å². The topological polar surface area (TPSA) is 133 Å². The summed E-state index contributed by atoms with van der Waals surface area (Å²) in [7, 11) is 3.45. The van der Waals surface area contributed by atoms with Crippen LogP contribution in [0, 0.1) is 5.41 Å². The van der Waals surface area contributed by atoms with E-state index in [1.165, 1.54) is 0 Å². The number of hydrogen-bond acceptors (Lipinski definition) is 5. The molecular weight excluding hydrogens is 436 g/mol. The smallest absolute Gasteiger partial charge is 0.319 e. The summed E-state index contributed by atoms with van der Waals surface area (Å²) in [5.74, 6) is -0.584. The molecule has 0 radical (unpaired) electrons. The Hall–Kier alpha value is -4.01. The highest BCUT2D eigenvalue weighted by molar-refractivity contribution is 5.99. The number of amides is 2. The van der Waals surface area contributed by atoms with Crippen LogP contribution in [0.2, 0.25) is 0 Å². The van der Waals surface area contributed by atoms with Crippen LogP contribution in [0.4, 0.5) is 4.79 Å². The number of carbonyl (C=O) groups excluding carboxylic acids is 1. The summed E-state index contributed by atoms with van der Waals surface area (Å²) in [5.41, 5.74) is 6.77. The SMILES string of the molecule is CN(C)C(=O)N1CC[C@H](Oc2ccc(C(Cc3occ4cc(C(=N)N)ccc34)C(=O)O)cc2)C1. The molecular formula is C25H28N4O5. The fourth-order valence-electron chi connectivity index (χ4n) is 4.22. The number of nitrogens with two attached hydrogens (primary N) is 1. The predicted octanol–water partition coefficient (Wildman–Crippen LogP) is 3.26. The largest absolute Gasteiger partial charge is 0.489 e. The van der Waals surface area contributed by atoms with Gasteiger partial charge in [-0.3, -0.25) is 10.2 Å². The Bertz CT molecular complexity index is 1220. The van der Waals surface area contributed by atoms with Crippen molar-refractivity contribution >= 4 is 28.6 Å². The second kappa shape index (κ2) is 9.46. The van der Waals surface area contributed by atoms with Gasteiger partial charge in [-0.05, 0) is 23.8 Å². The number of aliphatic carboxylic acids is 1. The predicted molar refractivity (Wildman–Crippen MR) is 127 cm³/mol. The fraction of sp³-hybridized carbons (Fsp3) is 0.320. The Kier molecular flexibility index (Phi) is 6.45. The molecule has 1 aromatic heterocycles. The Morgan fingerprint density at radius 3 is 2.65 bits per heavy atom. The lowest BCUT2D eigenvalue weighted by Crippen LogP contribution is -2.38. The molecule has 1 aliphatic rings. The summed E-state index contributed by atoms with van der Waals surface area (Å²) in [6.07, 6.45) is 2.39. The number of rotatable bonds is 7. The highest BCUT2D eigenvalue weighted by Gasteiger charge is 2.29. The van der Waals surface area contributed by atoms with Gasteiger partial charge in [0.05, 0.1) is 18.7 Å². The summed E-state index contributed by atoms with van der Waals surface area (Å²) < 4.78 is 11.7. The first kappa shape index (κ1) is 23.2. The van der Waals surface area contributed by atoms with Gasteiger partial charge >= 0.3 is 12.0 Å². The van der Waals surface area contributed by atoms with Crippen LogP contribution in [0.25, 0.3) is 10.8 Å². The number of ether oxygens (including phenoxy) is 1. The zero-order valence-electron chi connectivity index (χ0n) is 19.2. The van der Waals surface area contributed by atoms with Crippen LogP contribution in [0.1, 0.15) is 29.2 Å². The van der Waals surface area contributed by atoms with E-state index in [2.05, 4.69) is 0 Å². The van der Waals surface area contributed by atoms with Crippen molar-refractivity contribution < 1.29 is 23.8 Å². The molecule has 9 heteroatoms. The van der Waals surface area contributed by atoms with E-state index < -0.39 is 11.9 Å². The first-order valence-corrected chi connectivity index (χ1v) is 11.0. The van der Waals surface area contributed by atoms with Crippen molar-refractivity contribution in [2.75, 3.05) is 27.2 Å². The third-order valence-corrected chi connectivity index (χ3v) is 6.06. The molecule has 178 valence electrons. The standard InChI is InChI=1S/C25H28N4O5/c1-28(2)25(32)29-10-9-19(13-29)34-18-6-3-15(4-7-18)21(24(30)31)12-22-20-8-5-16(23(26)27)11-17(20)14-33-22/h3-8,11,14,19,21H,9-10,12-13H2,1-2H3,(H3,26,27)(H,30,31)/t19-,21?/m0/s1. The average Bonchev–Trinajstić information content (AvgIpc) is 3.44. The van der Waals surface area contributed by atoms with Crippen LogP contribution in [-0.2, 0) is 11.2 Å². The van der Waals surface area contributed by atoms with Crippen molar-refractivity contribution in [1.82, 2.24) is 9.80 Å². The number of hydrogen-bond donors (Lipinski definition) is 3. The van der Waals surface area contributed by atoms with Gasteiger partial charge in [0.25, 0.3) is 0 Å². The van der Waals surface area contributed by atoms with Crippen molar-refractivity contribution in [1.29, 1.82) is 5.41 Å². The molecule has 1 aliphatic heterocycles. The fourth-order valence-corrected chi connectivity index (χ4v) is 4.22. The molecule has 1 saturated heterocycles. The summed E-state index contributed by atoms with van der Waals surface area (Å²) in [6, 6.07) is 12.3. The van der Waals surface area contributed by atoms with Crippen LogP contribution in [0.5, 0.6) is 5.75 Å². The van der Waals surface area contributed by atoms with Gasteiger partial charge in [0.15, 0.2) is 0 Å². The Morgan fingerprint density at radius 2 is 2.00 bits per heavy atom. The minimum Gasteiger partial charge on any atom is -0.489 e. The highest BCUT2D eigenvalue weighted by atomic mass is 16.5. The van der Waals surface area contributed by atoms with Crippen LogP contribution in [0.3, 0.4) is 0 Å². The summed E-state index contributed by atoms with van der Waals surface area (Å²) in [5, 5.41) is 19.0. The van der Waals surface area contributed by atoms with Crippen LogP contribution >= 0.6 is 0 Å². The number of nitrogen functional groups attached to an aromatic ring is 1. The number of urea groups is 1. The molecule has 2 aromatic carbocycles. The van der Waals surface area contributed by atoms with Gasteiger partial charge in [-0.1, -0.05) is 24.3 Å². The lowest BCUT2D eigenvalue weighted by Gasteiger charge is -2.21. The lowest BCUT2D eigenvalue weighted by molar-refractivity contribution is -0.138. The maximum Gasteiger partial charge on any atom is 0.319 e. The van der Waals surface area contributed by atoms with E-state index in [1.54, 1.807) is 72.6 Å². The number of carboxylic acid groups (broad SMARTS) is 1. The molecule has 4 N–H and O–H groups in total. The van der Waals surface area contributed by atoms with Crippen molar-refractivity contribution in [3.63, 3.8) is 0 Å². The third-order valence-electron chi connectivity index (χ3n) is 6.06. The molecule has 2 heterocycles. The van der Waals surface area contributed by atoms with E-state index in [0.29, 0.717) is 35.7 Å². The zero-order chi connectivity index (χ0) is 24.4. The molecule has 0 saturated carbocycles. The molecule has 1 unspecified atom stereocenters. The number of nitrogens with one attached hydrogen (secondary N) is 1. The molecule has 4 rings (SSSR count). The second-order valence-electron chi connectivity index (χ2n) is 8.69.